The number of nitrogens with zero attached hydrogens (tertiary/aromatic N) is 2. The summed E-state index contributed by atoms with van der Waals surface area (Å²) in [5.74, 6) is 1.13. The van der Waals surface area contributed by atoms with E-state index in [9.17, 15) is 9.18 Å². The Kier molecular flexibility index (Phi) is 6.20. The number of anilines is 2. The van der Waals surface area contributed by atoms with Crippen molar-refractivity contribution < 1.29 is 23.5 Å². The molecule has 4 rings (SSSR count). The number of halogens is 2. The number of methoxy groups -OCH3 is 1. The third kappa shape index (κ3) is 4.48. The molecule has 0 saturated carbocycles. The zero-order valence-electron chi connectivity index (χ0n) is 16.9. The van der Waals surface area contributed by atoms with E-state index in [1.54, 1.807) is 36.9 Å². The van der Waals surface area contributed by atoms with Crippen molar-refractivity contribution in [2.24, 2.45) is 0 Å². The molecule has 164 valence electrons. The highest BCUT2D eigenvalue weighted by Crippen LogP contribution is 2.37. The summed E-state index contributed by atoms with van der Waals surface area (Å²) in [6, 6.07) is 11.4. The van der Waals surface area contributed by atoms with Gasteiger partial charge in [0.2, 0.25) is 5.91 Å². The minimum absolute atomic E-state index is 0.00582. The van der Waals surface area contributed by atoms with E-state index in [1.165, 1.54) is 18.5 Å². The molecule has 2 aromatic heterocycles. The second-order valence-corrected chi connectivity index (χ2v) is 7.25. The van der Waals surface area contributed by atoms with Gasteiger partial charge in [-0.2, -0.15) is 0 Å². The summed E-state index contributed by atoms with van der Waals surface area (Å²) in [7, 11) is 1.54. The minimum Gasteiger partial charge on any atom is -0.496 e. The van der Waals surface area contributed by atoms with Crippen LogP contribution in [0.3, 0.4) is 0 Å². The minimum atomic E-state index is -0.512. The summed E-state index contributed by atoms with van der Waals surface area (Å²) >= 11 is 5.88. The molecule has 0 aliphatic carbocycles. The lowest BCUT2D eigenvalue weighted by Gasteiger charge is -2.12. The van der Waals surface area contributed by atoms with Gasteiger partial charge < -0.3 is 14.5 Å². The van der Waals surface area contributed by atoms with Crippen molar-refractivity contribution in [3.05, 3.63) is 65.4 Å². The number of benzene rings is 2. The highest BCUT2D eigenvalue weighted by atomic mass is 35.5. The maximum atomic E-state index is 13.5. The number of hydroxylamine groups is 1. The first-order valence-corrected chi connectivity index (χ1v) is 9.93. The third-order valence-electron chi connectivity index (χ3n) is 4.79. The van der Waals surface area contributed by atoms with Crippen LogP contribution in [0.15, 0.2) is 53.2 Å². The number of hydrogen-bond acceptors (Lipinski definition) is 7. The van der Waals surface area contributed by atoms with Gasteiger partial charge in [0.15, 0.2) is 0 Å². The number of fused-ring (bicyclic) bond motifs is 1. The van der Waals surface area contributed by atoms with E-state index in [1.807, 2.05) is 6.07 Å². The topological polar surface area (TPSA) is 110 Å². The number of hydrogen-bond donors (Lipinski definition) is 3. The molecule has 2 aromatic carbocycles. The molecule has 0 fully saturated rings. The molecular weight excluding hydrogens is 439 g/mol. The molecule has 0 spiro atoms. The number of carbonyl (C=O) groups excluding carboxylic acids is 1. The summed E-state index contributed by atoms with van der Waals surface area (Å²) in [4.78, 5) is 19.9. The Hall–Kier alpha value is -3.69. The molecular formula is C22H18ClFN4O4. The van der Waals surface area contributed by atoms with Crippen LogP contribution in [0.2, 0.25) is 5.02 Å². The fraction of sp³-hybridized carbons (Fsp3) is 0.136. The van der Waals surface area contributed by atoms with Crippen LogP contribution in [-0.4, -0.2) is 28.2 Å². The smallest absolute Gasteiger partial charge is 0.243 e. The fourth-order valence-electron chi connectivity index (χ4n) is 3.21. The molecule has 8 nitrogen and oxygen atoms in total. The zero-order valence-corrected chi connectivity index (χ0v) is 17.6. The van der Waals surface area contributed by atoms with E-state index in [0.29, 0.717) is 51.7 Å². The Morgan fingerprint density at radius 2 is 2.06 bits per heavy atom. The van der Waals surface area contributed by atoms with Gasteiger partial charge in [-0.15, -0.1) is 0 Å². The van der Waals surface area contributed by atoms with E-state index >= 15 is 0 Å². The van der Waals surface area contributed by atoms with Crippen molar-refractivity contribution in [1.82, 2.24) is 15.4 Å². The predicted molar refractivity (Wildman–Crippen MR) is 117 cm³/mol. The van der Waals surface area contributed by atoms with Crippen LogP contribution >= 0.6 is 11.6 Å². The summed E-state index contributed by atoms with van der Waals surface area (Å²) in [6.07, 6.45) is 1.82. The Balaban J connectivity index is 1.72. The van der Waals surface area contributed by atoms with Crippen LogP contribution in [0.25, 0.3) is 22.2 Å². The van der Waals surface area contributed by atoms with Crippen molar-refractivity contribution in [3.63, 3.8) is 0 Å². The first kappa shape index (κ1) is 21.5. The number of aryl methyl sites for hydroxylation is 1. The lowest BCUT2D eigenvalue weighted by atomic mass is 10.1. The van der Waals surface area contributed by atoms with Crippen LogP contribution in [0.5, 0.6) is 5.75 Å². The lowest BCUT2D eigenvalue weighted by molar-refractivity contribution is -0.129. The zero-order chi connectivity index (χ0) is 22.7. The van der Waals surface area contributed by atoms with Crippen molar-refractivity contribution >= 4 is 39.9 Å². The van der Waals surface area contributed by atoms with Gasteiger partial charge in [0.1, 0.15) is 35.2 Å². The van der Waals surface area contributed by atoms with Gasteiger partial charge in [0.25, 0.3) is 0 Å². The highest BCUT2D eigenvalue weighted by Gasteiger charge is 2.16. The number of rotatable bonds is 7. The molecule has 0 aliphatic rings. The molecule has 0 unspecified atom stereocenters. The van der Waals surface area contributed by atoms with Crippen LogP contribution in [-0.2, 0) is 11.2 Å². The molecule has 0 bridgehead atoms. The van der Waals surface area contributed by atoms with E-state index in [4.69, 9.17) is 26.0 Å². The number of nitrogens with one attached hydrogen (secondary N) is 2. The molecule has 10 heteroatoms. The van der Waals surface area contributed by atoms with E-state index in [-0.39, 0.29) is 11.4 Å². The maximum absolute atomic E-state index is 13.5. The first-order chi connectivity index (χ1) is 15.5. The second-order valence-electron chi connectivity index (χ2n) is 6.85. The largest absolute Gasteiger partial charge is 0.496 e. The molecule has 1 amide bonds. The monoisotopic (exact) mass is 456 g/mol. The summed E-state index contributed by atoms with van der Waals surface area (Å²) < 4.78 is 24.9. The van der Waals surface area contributed by atoms with Crippen molar-refractivity contribution in [2.75, 3.05) is 12.4 Å². The quantitative estimate of drug-likeness (QED) is 0.269. The van der Waals surface area contributed by atoms with Crippen LogP contribution in [0.4, 0.5) is 15.9 Å². The van der Waals surface area contributed by atoms with Crippen LogP contribution < -0.4 is 15.5 Å². The Bertz CT molecular complexity index is 1290. The molecule has 0 saturated heterocycles. The van der Waals surface area contributed by atoms with Gasteiger partial charge in [-0.25, -0.2) is 19.8 Å². The maximum Gasteiger partial charge on any atom is 0.243 e. The van der Waals surface area contributed by atoms with E-state index in [0.717, 1.165) is 0 Å². The number of amides is 1. The molecule has 0 atom stereocenters. The fourth-order valence-corrected chi connectivity index (χ4v) is 3.39. The molecule has 3 N–H and O–H groups in total. The summed E-state index contributed by atoms with van der Waals surface area (Å²) in [5.41, 5.74) is 3.45. The van der Waals surface area contributed by atoms with Gasteiger partial charge in [0, 0.05) is 30.0 Å². The van der Waals surface area contributed by atoms with Crippen LogP contribution in [0, 0.1) is 5.82 Å². The molecule has 0 radical (unpaired) electrons. The predicted octanol–water partition coefficient (Wildman–Crippen LogP) is 4.87. The average molecular weight is 457 g/mol. The first-order valence-electron chi connectivity index (χ1n) is 9.55. The molecule has 32 heavy (non-hydrogen) atoms. The molecule has 0 aliphatic heterocycles. The average Bonchev–Trinajstić information content (AvgIpc) is 3.28. The van der Waals surface area contributed by atoms with Crippen molar-refractivity contribution in [3.8, 4) is 17.1 Å². The van der Waals surface area contributed by atoms with Crippen LogP contribution in [0.1, 0.15) is 12.2 Å². The normalized spacial score (nSPS) is 10.9. The van der Waals surface area contributed by atoms with E-state index < -0.39 is 11.7 Å². The van der Waals surface area contributed by atoms with Gasteiger partial charge in [-0.05, 0) is 36.4 Å². The second kappa shape index (κ2) is 9.21. The number of carbonyl (C=O) groups is 1. The summed E-state index contributed by atoms with van der Waals surface area (Å²) in [5, 5.41) is 12.4. The van der Waals surface area contributed by atoms with Gasteiger partial charge in [-0.3, -0.25) is 10.0 Å². The van der Waals surface area contributed by atoms with Gasteiger partial charge >= 0.3 is 0 Å². The van der Waals surface area contributed by atoms with E-state index in [2.05, 4.69) is 15.3 Å². The lowest BCUT2D eigenvalue weighted by Crippen LogP contribution is -2.18. The third-order valence-corrected chi connectivity index (χ3v) is 5.08. The van der Waals surface area contributed by atoms with Crippen molar-refractivity contribution in [1.29, 1.82) is 0 Å². The number of ether oxygens (including phenoxy) is 1. The standard InChI is InChI=1S/C22H18ClFN4O4/c1-31-20-10-18-14(9-15(20)19-6-3-13(32-19)4-7-21(29)28-30)22(26-11-25-18)27-12-2-5-17(24)16(23)8-12/h2-3,5-6,8-11,30H,4,7H2,1H3,(H,28,29)(H,25,26,27). The Morgan fingerprint density at radius 3 is 2.81 bits per heavy atom. The molecule has 2 heterocycles. The van der Waals surface area contributed by atoms with Crippen molar-refractivity contribution in [2.45, 2.75) is 12.8 Å². The number of furan rings is 1. The number of aromatic nitrogens is 2. The van der Waals surface area contributed by atoms with Gasteiger partial charge in [0.05, 0.1) is 23.2 Å². The Labute approximate surface area is 187 Å². The highest BCUT2D eigenvalue weighted by molar-refractivity contribution is 6.31. The SMILES string of the molecule is COc1cc2ncnc(Nc3ccc(F)c(Cl)c3)c2cc1-c1ccc(CCC(=O)NO)o1. The Morgan fingerprint density at radius 1 is 1.22 bits per heavy atom. The summed E-state index contributed by atoms with van der Waals surface area (Å²) in [6.45, 7) is 0. The molecule has 4 aromatic rings. The van der Waals surface area contributed by atoms with Gasteiger partial charge in [-0.1, -0.05) is 11.6 Å².